The maximum absolute atomic E-state index is 11.2. The topological polar surface area (TPSA) is 92.7 Å². The second-order valence-corrected chi connectivity index (χ2v) is 5.80. The number of quaternary nitrogens is 1. The van der Waals surface area contributed by atoms with Crippen molar-refractivity contribution in [2.45, 2.75) is 34.6 Å². The third-order valence-electron chi connectivity index (χ3n) is 3.42. The van der Waals surface area contributed by atoms with E-state index >= 15 is 0 Å². The average Bonchev–Trinajstić information content (AvgIpc) is 2.43. The summed E-state index contributed by atoms with van der Waals surface area (Å²) in [6.45, 7) is 17.7. The van der Waals surface area contributed by atoms with Crippen molar-refractivity contribution in [3.8, 4) is 0 Å². The SMILES string of the molecule is C=C(C)C(=O)OCC[N+](CC)(CC)CC.CCOS(=O)(=O)[O-]. The van der Waals surface area contributed by atoms with Gasteiger partial charge in [-0.05, 0) is 34.6 Å². The molecule has 0 atom stereocenters. The van der Waals surface area contributed by atoms with Crippen molar-refractivity contribution in [1.29, 1.82) is 0 Å². The smallest absolute Gasteiger partial charge is 0.333 e. The van der Waals surface area contributed by atoms with Crippen molar-refractivity contribution in [2.75, 3.05) is 39.4 Å². The van der Waals surface area contributed by atoms with Gasteiger partial charge < -0.3 is 13.8 Å². The molecule has 8 heteroatoms. The number of esters is 1. The van der Waals surface area contributed by atoms with Gasteiger partial charge in [-0.2, -0.15) is 0 Å². The van der Waals surface area contributed by atoms with Gasteiger partial charge in [0.05, 0.1) is 26.2 Å². The maximum atomic E-state index is 11.2. The monoisotopic (exact) mass is 339 g/mol. The molecule has 0 aliphatic heterocycles. The van der Waals surface area contributed by atoms with Crippen molar-refractivity contribution in [1.82, 2.24) is 0 Å². The molecule has 0 fully saturated rings. The Morgan fingerprint density at radius 1 is 1.14 bits per heavy atom. The molecule has 0 amide bonds. The lowest BCUT2D eigenvalue weighted by Gasteiger charge is -2.35. The van der Waals surface area contributed by atoms with Crippen LogP contribution in [0.4, 0.5) is 0 Å². The van der Waals surface area contributed by atoms with Crippen LogP contribution >= 0.6 is 0 Å². The van der Waals surface area contributed by atoms with Crippen LogP contribution in [0.5, 0.6) is 0 Å². The highest BCUT2D eigenvalue weighted by molar-refractivity contribution is 7.80. The maximum Gasteiger partial charge on any atom is 0.333 e. The summed E-state index contributed by atoms with van der Waals surface area (Å²) in [6, 6.07) is 0. The number of rotatable bonds is 9. The van der Waals surface area contributed by atoms with E-state index in [0.29, 0.717) is 12.2 Å². The fraction of sp³-hybridized carbons (Fsp3) is 0.786. The van der Waals surface area contributed by atoms with Gasteiger partial charge in [0.15, 0.2) is 0 Å². The molecule has 0 saturated carbocycles. The number of ether oxygens (including phenoxy) is 1. The minimum absolute atomic E-state index is 0.0914. The minimum Gasteiger partial charge on any atom is -0.726 e. The third kappa shape index (κ3) is 11.7. The van der Waals surface area contributed by atoms with Gasteiger partial charge in [0.25, 0.3) is 0 Å². The third-order valence-corrected chi connectivity index (χ3v) is 3.95. The van der Waals surface area contributed by atoms with Crippen LogP contribution in [0.25, 0.3) is 0 Å². The van der Waals surface area contributed by atoms with Crippen LogP contribution in [0.2, 0.25) is 0 Å². The zero-order chi connectivity index (χ0) is 17.8. The minimum atomic E-state index is -4.42. The van der Waals surface area contributed by atoms with Gasteiger partial charge in [-0.15, -0.1) is 0 Å². The van der Waals surface area contributed by atoms with E-state index in [2.05, 4.69) is 31.5 Å². The van der Waals surface area contributed by atoms with E-state index in [0.717, 1.165) is 30.7 Å². The quantitative estimate of drug-likeness (QED) is 0.208. The molecule has 132 valence electrons. The molecule has 22 heavy (non-hydrogen) atoms. The molecule has 0 spiro atoms. The summed E-state index contributed by atoms with van der Waals surface area (Å²) >= 11 is 0. The molecule has 0 unspecified atom stereocenters. The molecule has 0 aromatic heterocycles. The van der Waals surface area contributed by atoms with E-state index in [9.17, 15) is 17.8 Å². The van der Waals surface area contributed by atoms with Gasteiger partial charge in [0, 0.05) is 5.57 Å². The molecule has 0 aromatic rings. The Morgan fingerprint density at radius 2 is 1.59 bits per heavy atom. The van der Waals surface area contributed by atoms with Crippen LogP contribution < -0.4 is 0 Å². The largest absolute Gasteiger partial charge is 0.726 e. The standard InChI is InChI=1S/C12H24NO2.C2H6O4S/c1-6-13(7-2,8-3)9-10-15-12(14)11(4)5;1-2-6-7(3,4)5/h4,6-10H2,1-3,5H3;2H2,1H3,(H,3,4,5)/q+1;/p-1. The van der Waals surface area contributed by atoms with Crippen molar-refractivity contribution in [3.05, 3.63) is 12.2 Å². The number of likely N-dealkylation sites (N-methyl/N-ethyl adjacent to an activating group) is 1. The van der Waals surface area contributed by atoms with Gasteiger partial charge in [-0.3, -0.25) is 4.18 Å². The van der Waals surface area contributed by atoms with Crippen molar-refractivity contribution in [3.63, 3.8) is 0 Å². The molecule has 0 saturated heterocycles. The molecule has 0 bridgehead atoms. The summed E-state index contributed by atoms with van der Waals surface area (Å²) in [7, 11) is -4.42. The van der Waals surface area contributed by atoms with Crippen molar-refractivity contribution < 1.29 is 31.2 Å². The Kier molecular flexibility index (Phi) is 12.3. The molecular formula is C14H29NO6S. The molecule has 0 aliphatic rings. The summed E-state index contributed by atoms with van der Waals surface area (Å²) in [5.41, 5.74) is 0.470. The summed E-state index contributed by atoms with van der Waals surface area (Å²) in [6.07, 6.45) is 0. The Labute approximate surface area is 134 Å². The second-order valence-electron chi connectivity index (χ2n) is 4.74. The first-order valence-electron chi connectivity index (χ1n) is 7.35. The summed E-state index contributed by atoms with van der Waals surface area (Å²) in [5.74, 6) is -0.281. The van der Waals surface area contributed by atoms with Crippen LogP contribution in [0.15, 0.2) is 12.2 Å². The molecule has 0 radical (unpaired) electrons. The van der Waals surface area contributed by atoms with Crippen molar-refractivity contribution >= 4 is 16.4 Å². The normalized spacial score (nSPS) is 11.4. The molecule has 0 aromatic carbocycles. The average molecular weight is 339 g/mol. The molecule has 0 rings (SSSR count). The first-order valence-corrected chi connectivity index (χ1v) is 8.68. The lowest BCUT2D eigenvalue weighted by molar-refractivity contribution is -0.923. The summed E-state index contributed by atoms with van der Waals surface area (Å²) < 4.78 is 38.1. The Morgan fingerprint density at radius 3 is 1.82 bits per heavy atom. The number of hydrogen-bond acceptors (Lipinski definition) is 6. The highest BCUT2D eigenvalue weighted by Crippen LogP contribution is 2.05. The highest BCUT2D eigenvalue weighted by atomic mass is 32.3. The lowest BCUT2D eigenvalue weighted by atomic mass is 10.3. The van der Waals surface area contributed by atoms with Crippen LogP contribution in [0, 0.1) is 0 Å². The van der Waals surface area contributed by atoms with Gasteiger partial charge >= 0.3 is 5.97 Å². The molecule has 0 aliphatic carbocycles. The van der Waals surface area contributed by atoms with Crippen LogP contribution in [-0.4, -0.2) is 62.8 Å². The lowest BCUT2D eigenvalue weighted by Crippen LogP contribution is -2.49. The Hall–Kier alpha value is -0.960. The van der Waals surface area contributed by atoms with Gasteiger partial charge in [0.1, 0.15) is 13.2 Å². The van der Waals surface area contributed by atoms with E-state index in [-0.39, 0.29) is 12.6 Å². The van der Waals surface area contributed by atoms with E-state index in [4.69, 9.17) is 4.74 Å². The zero-order valence-electron chi connectivity index (χ0n) is 14.3. The van der Waals surface area contributed by atoms with E-state index in [1.165, 1.54) is 6.92 Å². The number of carbonyl (C=O) groups is 1. The fourth-order valence-electron chi connectivity index (χ4n) is 1.74. The fourth-order valence-corrected chi connectivity index (χ4v) is 2.03. The first kappa shape index (κ1) is 23.3. The van der Waals surface area contributed by atoms with E-state index in [1.54, 1.807) is 6.92 Å². The summed E-state index contributed by atoms with van der Waals surface area (Å²) in [5, 5.41) is 0. The van der Waals surface area contributed by atoms with Gasteiger partial charge in [-0.1, -0.05) is 6.58 Å². The van der Waals surface area contributed by atoms with Crippen LogP contribution in [-0.2, 0) is 24.1 Å². The highest BCUT2D eigenvalue weighted by Gasteiger charge is 2.20. The first-order chi connectivity index (χ1) is 10.1. The van der Waals surface area contributed by atoms with E-state index < -0.39 is 10.4 Å². The van der Waals surface area contributed by atoms with Crippen molar-refractivity contribution in [2.24, 2.45) is 0 Å². The predicted octanol–water partition coefficient (Wildman–Crippen LogP) is 1.47. The Bertz CT molecular complexity index is 420. The molecule has 0 heterocycles. The molecule has 7 nitrogen and oxygen atoms in total. The Balaban J connectivity index is 0. The number of hydrogen-bond donors (Lipinski definition) is 0. The van der Waals surface area contributed by atoms with Crippen LogP contribution in [0.1, 0.15) is 34.6 Å². The number of nitrogens with zero attached hydrogens (tertiary/aromatic N) is 1. The zero-order valence-corrected chi connectivity index (χ0v) is 15.1. The van der Waals surface area contributed by atoms with Crippen LogP contribution in [0.3, 0.4) is 0 Å². The predicted molar refractivity (Wildman–Crippen MR) is 83.8 cm³/mol. The summed E-state index contributed by atoms with van der Waals surface area (Å²) in [4.78, 5) is 11.2. The molecular weight excluding hydrogens is 310 g/mol. The van der Waals surface area contributed by atoms with E-state index in [1.807, 2.05) is 0 Å². The second kappa shape index (κ2) is 11.6. The number of carbonyl (C=O) groups excluding carboxylic acids is 1. The van der Waals surface area contributed by atoms with Gasteiger partial charge in [-0.25, -0.2) is 13.2 Å². The van der Waals surface area contributed by atoms with Gasteiger partial charge in [0.2, 0.25) is 10.4 Å². The molecule has 0 N–H and O–H groups in total.